The molecule has 0 heterocycles. The number of unbranched alkanes of at least 4 members (excludes halogenated alkanes) is 1. The maximum Gasteiger partial charge on any atom is 0.309 e. The van der Waals surface area contributed by atoms with Crippen LogP contribution in [0.3, 0.4) is 0 Å². The molecule has 0 atom stereocenters. The molecule has 128 valence electrons. The van der Waals surface area contributed by atoms with E-state index in [1.54, 1.807) is 0 Å². The Bertz CT molecular complexity index is 310. The van der Waals surface area contributed by atoms with Gasteiger partial charge in [0.25, 0.3) is 0 Å². The first-order valence-corrected chi connectivity index (χ1v) is 9.93. The van der Waals surface area contributed by atoms with Crippen LogP contribution in [0.15, 0.2) is 0 Å². The van der Waals surface area contributed by atoms with Gasteiger partial charge in [0.1, 0.15) is 6.10 Å². The Balaban J connectivity index is 1.64. The first-order valence-electron chi connectivity index (χ1n) is 9.93. The van der Waals surface area contributed by atoms with Crippen LogP contribution in [0, 0.1) is 17.8 Å². The minimum atomic E-state index is 0.118. The van der Waals surface area contributed by atoms with Crippen molar-refractivity contribution < 1.29 is 9.53 Å². The van der Waals surface area contributed by atoms with Gasteiger partial charge in [0, 0.05) is 0 Å². The minimum Gasteiger partial charge on any atom is -0.462 e. The summed E-state index contributed by atoms with van der Waals surface area (Å²) in [6, 6.07) is 0. The van der Waals surface area contributed by atoms with Gasteiger partial charge in [0.2, 0.25) is 0 Å². The van der Waals surface area contributed by atoms with Crippen molar-refractivity contribution in [3.63, 3.8) is 0 Å². The quantitative estimate of drug-likeness (QED) is 0.548. The number of hydrogen-bond donors (Lipinski definition) is 0. The zero-order valence-electron chi connectivity index (χ0n) is 14.8. The summed E-state index contributed by atoms with van der Waals surface area (Å²) in [5.41, 5.74) is 0. The van der Waals surface area contributed by atoms with Crippen molar-refractivity contribution >= 4 is 5.97 Å². The zero-order valence-corrected chi connectivity index (χ0v) is 14.8. The van der Waals surface area contributed by atoms with Crippen LogP contribution in [0.1, 0.15) is 97.3 Å². The second-order valence-corrected chi connectivity index (χ2v) is 7.73. The second kappa shape index (κ2) is 9.57. The lowest BCUT2D eigenvalue weighted by molar-refractivity contribution is -0.157. The smallest absolute Gasteiger partial charge is 0.309 e. The maximum absolute atomic E-state index is 12.4. The number of hydrogen-bond acceptors (Lipinski definition) is 2. The highest BCUT2D eigenvalue weighted by Crippen LogP contribution is 2.34. The van der Waals surface area contributed by atoms with Crippen LogP contribution in [-0.4, -0.2) is 12.1 Å². The molecule has 0 amide bonds. The van der Waals surface area contributed by atoms with Gasteiger partial charge in [0.15, 0.2) is 0 Å². The van der Waals surface area contributed by atoms with E-state index in [0.29, 0.717) is 0 Å². The van der Waals surface area contributed by atoms with Crippen molar-refractivity contribution in [1.29, 1.82) is 0 Å². The summed E-state index contributed by atoms with van der Waals surface area (Å²) in [5, 5.41) is 0. The lowest BCUT2D eigenvalue weighted by atomic mass is 9.79. The summed E-state index contributed by atoms with van der Waals surface area (Å²) in [5.74, 6) is 2.07. The predicted octanol–water partition coefficient (Wildman–Crippen LogP) is 5.89. The van der Waals surface area contributed by atoms with Crippen molar-refractivity contribution in [2.45, 2.75) is 103 Å². The Labute approximate surface area is 137 Å². The lowest BCUT2D eigenvalue weighted by Crippen LogP contribution is -2.30. The van der Waals surface area contributed by atoms with Gasteiger partial charge in [0.05, 0.1) is 5.92 Å². The topological polar surface area (TPSA) is 26.3 Å². The molecule has 2 nitrogen and oxygen atoms in total. The van der Waals surface area contributed by atoms with Crippen molar-refractivity contribution in [2.24, 2.45) is 17.8 Å². The van der Waals surface area contributed by atoms with Crippen LogP contribution in [0.5, 0.6) is 0 Å². The maximum atomic E-state index is 12.4. The first-order chi connectivity index (χ1) is 10.7. The van der Waals surface area contributed by atoms with Gasteiger partial charge in [-0.2, -0.15) is 0 Å². The zero-order chi connectivity index (χ0) is 15.8. The third-order valence-corrected chi connectivity index (χ3v) is 5.92. The van der Waals surface area contributed by atoms with Crippen LogP contribution in [0.2, 0.25) is 0 Å². The minimum absolute atomic E-state index is 0.118. The molecule has 0 unspecified atom stereocenters. The van der Waals surface area contributed by atoms with Crippen molar-refractivity contribution in [3.8, 4) is 0 Å². The summed E-state index contributed by atoms with van der Waals surface area (Å²) in [4.78, 5) is 12.4. The lowest BCUT2D eigenvalue weighted by Gasteiger charge is -2.31. The molecule has 0 saturated heterocycles. The number of rotatable bonds is 7. The van der Waals surface area contributed by atoms with Gasteiger partial charge in [-0.15, -0.1) is 0 Å². The van der Waals surface area contributed by atoms with Crippen LogP contribution in [0.4, 0.5) is 0 Å². The molecule has 0 spiro atoms. The van der Waals surface area contributed by atoms with Crippen molar-refractivity contribution in [3.05, 3.63) is 0 Å². The van der Waals surface area contributed by atoms with E-state index < -0.39 is 0 Å². The summed E-state index contributed by atoms with van der Waals surface area (Å²) in [6.07, 6.45) is 16.2. The van der Waals surface area contributed by atoms with E-state index in [2.05, 4.69) is 13.8 Å². The molecule has 2 rings (SSSR count). The third kappa shape index (κ3) is 5.59. The molecule has 2 saturated carbocycles. The van der Waals surface area contributed by atoms with E-state index in [-0.39, 0.29) is 18.0 Å². The third-order valence-electron chi connectivity index (χ3n) is 5.92. The van der Waals surface area contributed by atoms with E-state index in [0.717, 1.165) is 37.5 Å². The predicted molar refractivity (Wildman–Crippen MR) is 91.7 cm³/mol. The van der Waals surface area contributed by atoms with Crippen LogP contribution in [0.25, 0.3) is 0 Å². The number of esters is 1. The van der Waals surface area contributed by atoms with Gasteiger partial charge in [-0.3, -0.25) is 4.79 Å². The molecule has 2 fully saturated rings. The van der Waals surface area contributed by atoms with E-state index in [1.807, 2.05) is 0 Å². The Morgan fingerprint density at radius 3 is 2.00 bits per heavy atom. The van der Waals surface area contributed by atoms with Crippen LogP contribution < -0.4 is 0 Å². The van der Waals surface area contributed by atoms with Crippen molar-refractivity contribution in [2.75, 3.05) is 0 Å². The molecule has 0 aliphatic heterocycles. The van der Waals surface area contributed by atoms with Gasteiger partial charge >= 0.3 is 5.97 Å². The molecule has 0 aromatic carbocycles. The molecular weight excluding hydrogens is 272 g/mol. The summed E-state index contributed by atoms with van der Waals surface area (Å²) >= 11 is 0. The molecule has 22 heavy (non-hydrogen) atoms. The van der Waals surface area contributed by atoms with Gasteiger partial charge in [-0.25, -0.2) is 0 Å². The average Bonchev–Trinajstić information content (AvgIpc) is 2.55. The SMILES string of the molecule is CCCC[C@H]1CC[C@H](C(=O)OC2CCC(CCC)CC2)CC1. The summed E-state index contributed by atoms with van der Waals surface area (Å²) < 4.78 is 5.83. The van der Waals surface area contributed by atoms with Gasteiger partial charge < -0.3 is 4.74 Å². The van der Waals surface area contributed by atoms with E-state index >= 15 is 0 Å². The fourth-order valence-corrected chi connectivity index (χ4v) is 4.39. The molecule has 0 aromatic rings. The Morgan fingerprint density at radius 2 is 1.41 bits per heavy atom. The van der Waals surface area contributed by atoms with Gasteiger partial charge in [-0.1, -0.05) is 46.0 Å². The van der Waals surface area contributed by atoms with E-state index in [9.17, 15) is 4.79 Å². The van der Waals surface area contributed by atoms with Gasteiger partial charge in [-0.05, 0) is 63.2 Å². The molecule has 0 aromatic heterocycles. The summed E-state index contributed by atoms with van der Waals surface area (Å²) in [6.45, 7) is 4.53. The summed E-state index contributed by atoms with van der Waals surface area (Å²) in [7, 11) is 0. The van der Waals surface area contributed by atoms with E-state index in [4.69, 9.17) is 4.74 Å². The Hall–Kier alpha value is -0.530. The molecule has 0 bridgehead atoms. The standard InChI is InChI=1S/C20H36O2/c1-3-5-7-17-8-12-18(13-9-17)20(21)22-19-14-10-16(6-4-2)11-15-19/h16-19H,3-15H2,1-2H3/t16?,17-,18-,19?. The molecule has 0 radical (unpaired) electrons. The highest BCUT2D eigenvalue weighted by atomic mass is 16.5. The molecule has 2 aliphatic rings. The fraction of sp³-hybridized carbons (Fsp3) is 0.950. The average molecular weight is 309 g/mol. The normalized spacial score (nSPS) is 32.6. The van der Waals surface area contributed by atoms with E-state index in [1.165, 1.54) is 57.8 Å². The first kappa shape index (κ1) is 17.8. The van der Waals surface area contributed by atoms with Crippen molar-refractivity contribution in [1.82, 2.24) is 0 Å². The van der Waals surface area contributed by atoms with Crippen LogP contribution >= 0.6 is 0 Å². The molecular formula is C20H36O2. The van der Waals surface area contributed by atoms with Crippen LogP contribution in [-0.2, 0) is 9.53 Å². The highest BCUT2D eigenvalue weighted by Gasteiger charge is 2.30. The molecule has 2 heteroatoms. The Morgan fingerprint density at radius 1 is 0.818 bits per heavy atom. The fourth-order valence-electron chi connectivity index (χ4n) is 4.39. The monoisotopic (exact) mass is 308 g/mol. The number of ether oxygens (including phenoxy) is 1. The Kier molecular flexibility index (Phi) is 7.75. The second-order valence-electron chi connectivity index (χ2n) is 7.73. The number of carbonyl (C=O) groups is 1. The molecule has 0 N–H and O–H groups in total. The molecule has 2 aliphatic carbocycles. The largest absolute Gasteiger partial charge is 0.462 e. The highest BCUT2D eigenvalue weighted by molar-refractivity contribution is 5.72. The number of carbonyl (C=O) groups excluding carboxylic acids is 1.